The number of halogens is 8. The highest BCUT2D eigenvalue weighted by atomic mass is 35.5. The van der Waals surface area contributed by atoms with Gasteiger partial charge < -0.3 is 15.4 Å². The van der Waals surface area contributed by atoms with Gasteiger partial charge in [0.05, 0.1) is 22.9 Å². The number of alkyl carbamates (subject to hydrolysis) is 1. The van der Waals surface area contributed by atoms with Gasteiger partial charge in [-0.2, -0.15) is 19.0 Å². The lowest BCUT2D eigenvalue weighted by molar-refractivity contribution is -0.134. The van der Waals surface area contributed by atoms with Crippen LogP contribution in [0.2, 0.25) is 5.02 Å². The molecule has 2 aromatic heterocycles. The average molecular weight is 770 g/mol. The summed E-state index contributed by atoms with van der Waals surface area (Å²) in [4.78, 5) is 31.9. The first-order valence-electron chi connectivity index (χ1n) is 15.9. The van der Waals surface area contributed by atoms with Gasteiger partial charge in [-0.15, -0.1) is 0 Å². The number of carbonyl (C=O) groups is 2. The van der Waals surface area contributed by atoms with E-state index >= 15 is 4.39 Å². The third-order valence-electron chi connectivity index (χ3n) is 8.68. The lowest BCUT2D eigenvalue weighted by atomic mass is 9.75. The molecule has 20 heteroatoms. The molecule has 0 radical (unpaired) electrons. The Morgan fingerprint density at radius 3 is 2.47 bits per heavy atom. The number of nitrogens with zero attached hydrogens (tertiary/aromatic N) is 6. The number of hydrogen-bond acceptors (Lipinski definition) is 7. The lowest BCUT2D eigenvalue weighted by Crippen LogP contribution is -2.47. The van der Waals surface area contributed by atoms with Gasteiger partial charge in [0.2, 0.25) is 0 Å². The molecule has 2 amide bonds. The molecule has 3 heterocycles. The molecule has 1 saturated heterocycles. The number of rotatable bonds is 11. The minimum Gasteiger partial charge on any atom is -0.447 e. The zero-order valence-corrected chi connectivity index (χ0v) is 28.8. The Labute approximate surface area is 301 Å². The number of guanidine groups is 1. The molecule has 53 heavy (non-hydrogen) atoms. The van der Waals surface area contributed by atoms with E-state index < -0.39 is 84.6 Å². The number of amides is 2. The molecule has 3 atom stereocenters. The van der Waals surface area contributed by atoms with Crippen LogP contribution in [0.15, 0.2) is 55.1 Å². The number of hydrogen-bond donors (Lipinski definition) is 3. The third-order valence-corrected chi connectivity index (χ3v) is 9.00. The van der Waals surface area contributed by atoms with Crippen molar-refractivity contribution in [2.24, 2.45) is 5.41 Å². The summed E-state index contributed by atoms with van der Waals surface area (Å²) in [5.41, 5.74) is -2.51. The fraction of sp³-hybridized carbons (Fsp3) is 0.394. The van der Waals surface area contributed by atoms with Gasteiger partial charge >= 0.3 is 12.6 Å². The second kappa shape index (κ2) is 13.7. The number of alkyl halides is 6. The van der Waals surface area contributed by atoms with Crippen LogP contribution in [0.3, 0.4) is 0 Å². The SMILES string of the molecule is CC(C)(C)CC1(c2ccc(-c3cnn(C(F)F)c3)c(F)c2)NC(=N)N([C@H](COC(=O)N[C@H]2CC2(F)F)c2ccc(Cl)c(-n3ncnc3C(F)F)c2)C1=O. The predicted octanol–water partition coefficient (Wildman–Crippen LogP) is 7.13. The quantitative estimate of drug-likeness (QED) is 0.138. The van der Waals surface area contributed by atoms with E-state index in [4.69, 9.17) is 21.7 Å². The van der Waals surface area contributed by atoms with Crippen molar-refractivity contribution in [2.75, 3.05) is 6.61 Å². The molecule has 282 valence electrons. The summed E-state index contributed by atoms with van der Waals surface area (Å²) in [7, 11) is 0. The summed E-state index contributed by atoms with van der Waals surface area (Å²) in [5, 5.41) is 21.2. The smallest absolute Gasteiger partial charge is 0.407 e. The van der Waals surface area contributed by atoms with Crippen LogP contribution in [0.4, 0.5) is 35.5 Å². The Bertz CT molecular complexity index is 2070. The molecule has 1 aliphatic carbocycles. The highest BCUT2D eigenvalue weighted by Crippen LogP contribution is 2.44. The summed E-state index contributed by atoms with van der Waals surface area (Å²) in [6.07, 6.45) is -2.06. The number of ether oxygens (including phenoxy) is 1. The Balaban J connectivity index is 1.41. The van der Waals surface area contributed by atoms with E-state index in [0.29, 0.717) is 4.68 Å². The van der Waals surface area contributed by atoms with Crippen LogP contribution in [-0.2, 0) is 15.1 Å². The van der Waals surface area contributed by atoms with Gasteiger partial charge in [-0.3, -0.25) is 15.1 Å². The lowest BCUT2D eigenvalue weighted by Gasteiger charge is -2.35. The Morgan fingerprint density at radius 1 is 1.15 bits per heavy atom. The van der Waals surface area contributed by atoms with Crippen LogP contribution in [0.1, 0.15) is 69.6 Å². The standard InChI is InChI=1S/C33H31ClF7N9O3/c1-31(2,3)14-32(18-5-6-19(21(35)9-18)17-11-44-48(12-17)28(38)39)27(51)49(29(42)47-32)23(13-53-30(52)46-24-10-33(24,40)41)16-4-7-20(34)22(8-16)50-26(25(36)37)43-15-45-50/h4-9,11-12,15,23-25,28H,10,13-14H2,1-3H3,(H2,42,47)(H,46,52)/t23-,24+,32?/m1/s1. The molecular formula is C33H31ClF7N9O3. The normalized spacial score (nSPS) is 20.2. The second-order valence-electron chi connectivity index (χ2n) is 13.8. The average Bonchev–Trinajstić information content (AvgIpc) is 3.52. The van der Waals surface area contributed by atoms with Crippen LogP contribution in [-0.4, -0.2) is 66.0 Å². The Hall–Kier alpha value is -5.20. The monoisotopic (exact) mass is 769 g/mol. The molecule has 0 bridgehead atoms. The minimum atomic E-state index is -3.12. The Morgan fingerprint density at radius 2 is 1.87 bits per heavy atom. The second-order valence-corrected chi connectivity index (χ2v) is 14.2. The first-order valence-corrected chi connectivity index (χ1v) is 16.3. The number of benzene rings is 2. The molecule has 0 spiro atoms. The van der Waals surface area contributed by atoms with Crippen molar-refractivity contribution in [3.63, 3.8) is 0 Å². The molecule has 4 aromatic rings. The van der Waals surface area contributed by atoms with E-state index in [0.717, 1.165) is 34.4 Å². The van der Waals surface area contributed by atoms with Crippen molar-refractivity contribution in [1.82, 2.24) is 40.1 Å². The molecule has 2 fully saturated rings. The number of nitrogens with one attached hydrogen (secondary N) is 3. The summed E-state index contributed by atoms with van der Waals surface area (Å²) < 4.78 is 103. The van der Waals surface area contributed by atoms with Gasteiger partial charge in [-0.1, -0.05) is 50.6 Å². The zero-order valence-electron chi connectivity index (χ0n) is 28.1. The topological polar surface area (TPSA) is 143 Å². The molecule has 1 aliphatic heterocycles. The molecule has 2 aliphatic rings. The fourth-order valence-electron chi connectivity index (χ4n) is 6.24. The van der Waals surface area contributed by atoms with Crippen LogP contribution in [0.25, 0.3) is 16.8 Å². The minimum absolute atomic E-state index is 0.0345. The first kappa shape index (κ1) is 37.6. The van der Waals surface area contributed by atoms with E-state index in [1.54, 1.807) is 20.8 Å². The van der Waals surface area contributed by atoms with Crippen molar-refractivity contribution >= 4 is 29.6 Å². The maximum Gasteiger partial charge on any atom is 0.407 e. The highest BCUT2D eigenvalue weighted by Gasteiger charge is 2.58. The first-order chi connectivity index (χ1) is 24.8. The van der Waals surface area contributed by atoms with Crippen molar-refractivity contribution in [2.45, 2.75) is 70.1 Å². The molecule has 1 unspecified atom stereocenters. The van der Waals surface area contributed by atoms with Crippen molar-refractivity contribution in [3.05, 3.63) is 82.9 Å². The van der Waals surface area contributed by atoms with Gasteiger partial charge in [0.15, 0.2) is 11.8 Å². The van der Waals surface area contributed by atoms with Gasteiger partial charge in [0, 0.05) is 23.7 Å². The Kier molecular flexibility index (Phi) is 9.67. The molecule has 1 saturated carbocycles. The maximum absolute atomic E-state index is 15.8. The van der Waals surface area contributed by atoms with E-state index in [2.05, 4.69) is 20.5 Å². The van der Waals surface area contributed by atoms with Crippen molar-refractivity contribution in [3.8, 4) is 16.8 Å². The summed E-state index contributed by atoms with van der Waals surface area (Å²) in [6, 6.07) is 4.79. The van der Waals surface area contributed by atoms with Gasteiger partial charge in [0.25, 0.3) is 18.3 Å². The molecule has 3 N–H and O–H groups in total. The molecule has 6 rings (SSSR count). The van der Waals surface area contributed by atoms with Crippen LogP contribution in [0.5, 0.6) is 0 Å². The summed E-state index contributed by atoms with van der Waals surface area (Å²) in [5.74, 6) is -6.12. The molecule has 12 nitrogen and oxygen atoms in total. The fourth-order valence-corrected chi connectivity index (χ4v) is 6.44. The van der Waals surface area contributed by atoms with Crippen molar-refractivity contribution < 1.29 is 45.1 Å². The van der Waals surface area contributed by atoms with Crippen molar-refractivity contribution in [1.29, 1.82) is 5.41 Å². The van der Waals surface area contributed by atoms with E-state index in [1.165, 1.54) is 30.3 Å². The maximum atomic E-state index is 15.8. The number of carbonyl (C=O) groups excluding carboxylic acids is 2. The summed E-state index contributed by atoms with van der Waals surface area (Å²) in [6.45, 7) is 1.69. The van der Waals surface area contributed by atoms with E-state index in [9.17, 15) is 35.9 Å². The van der Waals surface area contributed by atoms with E-state index in [1.807, 2.05) is 5.32 Å². The molecule has 2 aromatic carbocycles. The molecular weight excluding hydrogens is 739 g/mol. The van der Waals surface area contributed by atoms with Crippen LogP contribution in [0, 0.1) is 16.6 Å². The predicted molar refractivity (Wildman–Crippen MR) is 174 cm³/mol. The van der Waals surface area contributed by atoms with Gasteiger partial charge in [-0.05, 0) is 41.2 Å². The zero-order chi connectivity index (χ0) is 38.6. The van der Waals surface area contributed by atoms with Crippen LogP contribution >= 0.6 is 11.6 Å². The highest BCUT2D eigenvalue weighted by molar-refractivity contribution is 6.32. The largest absolute Gasteiger partial charge is 0.447 e. The van der Waals surface area contributed by atoms with Crippen LogP contribution < -0.4 is 10.6 Å². The van der Waals surface area contributed by atoms with Gasteiger partial charge in [0.1, 0.15) is 30.3 Å². The van der Waals surface area contributed by atoms with Gasteiger partial charge in [-0.25, -0.2) is 41.1 Å². The number of aromatic nitrogens is 5. The third kappa shape index (κ3) is 7.38. The van der Waals surface area contributed by atoms with E-state index in [-0.39, 0.29) is 39.4 Å². The summed E-state index contributed by atoms with van der Waals surface area (Å²) >= 11 is 6.38.